The molecule has 0 aliphatic carbocycles. The lowest BCUT2D eigenvalue weighted by molar-refractivity contribution is 0.0691. The second-order valence-electron chi connectivity index (χ2n) is 3.20. The molecule has 0 unspecified atom stereocenters. The highest BCUT2D eigenvalue weighted by Gasteiger charge is 2.10. The second kappa shape index (κ2) is 3.27. The third-order valence-electron chi connectivity index (χ3n) is 2.19. The fourth-order valence-electron chi connectivity index (χ4n) is 1.44. The molecule has 0 radical (unpaired) electrons. The summed E-state index contributed by atoms with van der Waals surface area (Å²) in [5.74, 6) is -0.361. The fourth-order valence-corrected chi connectivity index (χ4v) is 1.44. The predicted molar refractivity (Wildman–Crippen MR) is 53.4 cm³/mol. The normalized spacial score (nSPS) is 10.5. The van der Waals surface area contributed by atoms with E-state index in [-0.39, 0.29) is 5.69 Å². The number of hydrogen-bond acceptors (Lipinski definition) is 3. The lowest BCUT2D eigenvalue weighted by Gasteiger charge is -2.03. The molecule has 15 heavy (non-hydrogen) atoms. The molecule has 0 saturated carbocycles. The zero-order valence-electron chi connectivity index (χ0n) is 8.39. The van der Waals surface area contributed by atoms with E-state index in [0.717, 1.165) is 5.69 Å². The Hall–Kier alpha value is -2.04. The summed E-state index contributed by atoms with van der Waals surface area (Å²) in [4.78, 5) is 14.7. The van der Waals surface area contributed by atoms with Crippen molar-refractivity contribution in [2.45, 2.75) is 6.92 Å². The van der Waals surface area contributed by atoms with Crippen LogP contribution in [0.3, 0.4) is 0 Å². The number of carboxylic acid groups (broad SMARTS) is 1. The number of rotatable bonds is 2. The number of aromatic nitrogens is 2. The monoisotopic (exact) mass is 206 g/mol. The summed E-state index contributed by atoms with van der Waals surface area (Å²) >= 11 is 0. The van der Waals surface area contributed by atoms with E-state index >= 15 is 0 Å². The topological polar surface area (TPSA) is 63.8 Å². The van der Waals surface area contributed by atoms with Gasteiger partial charge in [0, 0.05) is 18.0 Å². The maximum atomic E-state index is 10.7. The van der Waals surface area contributed by atoms with Crippen LogP contribution in [0.25, 0.3) is 5.65 Å². The number of methoxy groups -OCH3 is 1. The van der Waals surface area contributed by atoms with Crippen molar-refractivity contribution < 1.29 is 14.6 Å². The van der Waals surface area contributed by atoms with Crippen molar-refractivity contribution in [2.75, 3.05) is 7.11 Å². The van der Waals surface area contributed by atoms with E-state index in [0.29, 0.717) is 11.4 Å². The first-order valence-electron chi connectivity index (χ1n) is 4.39. The van der Waals surface area contributed by atoms with Gasteiger partial charge in [0.15, 0.2) is 5.69 Å². The lowest BCUT2D eigenvalue weighted by atomic mass is 10.3. The molecule has 0 spiro atoms. The van der Waals surface area contributed by atoms with Crippen molar-refractivity contribution in [3.8, 4) is 5.75 Å². The zero-order chi connectivity index (χ0) is 11.0. The van der Waals surface area contributed by atoms with E-state index in [1.807, 2.05) is 13.0 Å². The average Bonchev–Trinajstić information content (AvgIpc) is 2.61. The molecule has 0 aliphatic heterocycles. The van der Waals surface area contributed by atoms with Crippen molar-refractivity contribution in [3.63, 3.8) is 0 Å². The predicted octanol–water partition coefficient (Wildman–Crippen LogP) is 1.35. The SMILES string of the molecule is COc1cc(C)n2cc(C(=O)O)nc2c1. The number of carbonyl (C=O) groups is 1. The number of aryl methyl sites for hydroxylation is 1. The molecule has 0 aliphatic rings. The van der Waals surface area contributed by atoms with Gasteiger partial charge in [0.1, 0.15) is 11.4 Å². The molecule has 78 valence electrons. The van der Waals surface area contributed by atoms with Gasteiger partial charge in [-0.3, -0.25) is 0 Å². The second-order valence-corrected chi connectivity index (χ2v) is 3.20. The van der Waals surface area contributed by atoms with Crippen LogP contribution < -0.4 is 4.74 Å². The smallest absolute Gasteiger partial charge is 0.356 e. The Morgan fingerprint density at radius 2 is 2.27 bits per heavy atom. The minimum absolute atomic E-state index is 0.0337. The summed E-state index contributed by atoms with van der Waals surface area (Å²) < 4.78 is 6.79. The van der Waals surface area contributed by atoms with Crippen LogP contribution >= 0.6 is 0 Å². The van der Waals surface area contributed by atoms with E-state index in [1.54, 1.807) is 17.6 Å². The van der Waals surface area contributed by atoms with Gasteiger partial charge >= 0.3 is 5.97 Å². The third kappa shape index (κ3) is 1.52. The summed E-state index contributed by atoms with van der Waals surface area (Å²) in [6.45, 7) is 1.86. The highest BCUT2D eigenvalue weighted by atomic mass is 16.5. The molecule has 5 nitrogen and oxygen atoms in total. The number of imidazole rings is 1. The number of hydrogen-bond donors (Lipinski definition) is 1. The minimum Gasteiger partial charge on any atom is -0.497 e. The Kier molecular flexibility index (Phi) is 2.07. The van der Waals surface area contributed by atoms with Crippen LogP contribution in [0.15, 0.2) is 18.3 Å². The van der Waals surface area contributed by atoms with Crippen LogP contribution in [0.5, 0.6) is 5.75 Å². The summed E-state index contributed by atoms with van der Waals surface area (Å²) in [5.41, 5.74) is 1.49. The Labute approximate surface area is 85.9 Å². The van der Waals surface area contributed by atoms with Crippen molar-refractivity contribution in [1.29, 1.82) is 0 Å². The van der Waals surface area contributed by atoms with E-state index < -0.39 is 5.97 Å². The van der Waals surface area contributed by atoms with Crippen molar-refractivity contribution in [2.24, 2.45) is 0 Å². The molecular formula is C10H10N2O3. The summed E-state index contributed by atoms with van der Waals surface area (Å²) in [6, 6.07) is 3.51. The van der Waals surface area contributed by atoms with Crippen molar-refractivity contribution >= 4 is 11.6 Å². The molecule has 2 aromatic rings. The maximum absolute atomic E-state index is 10.7. The van der Waals surface area contributed by atoms with Crippen LogP contribution in [0, 0.1) is 6.92 Å². The average molecular weight is 206 g/mol. The van der Waals surface area contributed by atoms with Gasteiger partial charge in [-0.2, -0.15) is 0 Å². The molecular weight excluding hydrogens is 196 g/mol. The minimum atomic E-state index is -1.03. The summed E-state index contributed by atoms with van der Waals surface area (Å²) in [6.07, 6.45) is 1.49. The summed E-state index contributed by atoms with van der Waals surface area (Å²) in [7, 11) is 1.56. The van der Waals surface area contributed by atoms with Gasteiger partial charge in [0.05, 0.1) is 7.11 Å². The molecule has 5 heteroatoms. The highest BCUT2D eigenvalue weighted by Crippen LogP contribution is 2.17. The molecule has 0 fully saturated rings. The number of carboxylic acids is 1. The zero-order valence-corrected chi connectivity index (χ0v) is 8.39. The summed E-state index contributed by atoms with van der Waals surface area (Å²) in [5, 5.41) is 8.80. The molecule has 2 aromatic heterocycles. The van der Waals surface area contributed by atoms with Crippen molar-refractivity contribution in [1.82, 2.24) is 9.38 Å². The van der Waals surface area contributed by atoms with E-state index in [4.69, 9.17) is 9.84 Å². The van der Waals surface area contributed by atoms with Crippen molar-refractivity contribution in [3.05, 3.63) is 29.7 Å². The Balaban J connectivity index is 2.69. The molecule has 2 heterocycles. The fraction of sp³-hybridized carbons (Fsp3) is 0.200. The molecule has 0 aromatic carbocycles. The van der Waals surface area contributed by atoms with Gasteiger partial charge in [0.25, 0.3) is 0 Å². The first-order chi connectivity index (χ1) is 7.11. The van der Waals surface area contributed by atoms with Crippen LogP contribution in [0.4, 0.5) is 0 Å². The van der Waals surface area contributed by atoms with Crippen LogP contribution in [0.1, 0.15) is 16.2 Å². The van der Waals surface area contributed by atoms with Crippen LogP contribution in [0.2, 0.25) is 0 Å². The van der Waals surface area contributed by atoms with Gasteiger partial charge in [-0.05, 0) is 13.0 Å². The molecule has 0 bridgehead atoms. The number of nitrogens with zero attached hydrogens (tertiary/aromatic N) is 2. The Bertz CT molecular complexity index is 531. The lowest BCUT2D eigenvalue weighted by Crippen LogP contribution is -1.95. The first-order valence-corrected chi connectivity index (χ1v) is 4.39. The van der Waals surface area contributed by atoms with Gasteiger partial charge in [0.2, 0.25) is 0 Å². The van der Waals surface area contributed by atoms with Gasteiger partial charge in [-0.15, -0.1) is 0 Å². The number of ether oxygens (including phenoxy) is 1. The quantitative estimate of drug-likeness (QED) is 0.805. The van der Waals surface area contributed by atoms with Gasteiger partial charge in [-0.25, -0.2) is 9.78 Å². The standard InChI is InChI=1S/C10H10N2O3/c1-6-3-7(15-2)4-9-11-8(10(13)14)5-12(6)9/h3-5H,1-2H3,(H,13,14). The van der Waals surface area contributed by atoms with E-state index in [2.05, 4.69) is 4.98 Å². The number of fused-ring (bicyclic) bond motifs is 1. The Morgan fingerprint density at radius 1 is 1.53 bits per heavy atom. The maximum Gasteiger partial charge on any atom is 0.356 e. The van der Waals surface area contributed by atoms with Gasteiger partial charge < -0.3 is 14.2 Å². The third-order valence-corrected chi connectivity index (χ3v) is 2.19. The van der Waals surface area contributed by atoms with E-state index in [1.165, 1.54) is 6.20 Å². The van der Waals surface area contributed by atoms with Crippen LogP contribution in [-0.2, 0) is 0 Å². The van der Waals surface area contributed by atoms with Crippen LogP contribution in [-0.4, -0.2) is 27.6 Å². The first kappa shape index (κ1) is 9.51. The Morgan fingerprint density at radius 3 is 2.87 bits per heavy atom. The van der Waals surface area contributed by atoms with E-state index in [9.17, 15) is 4.79 Å². The molecule has 0 atom stereocenters. The number of aromatic carboxylic acids is 1. The highest BCUT2D eigenvalue weighted by molar-refractivity contribution is 5.86. The molecule has 1 N–H and O–H groups in total. The molecule has 0 saturated heterocycles. The molecule has 2 rings (SSSR count). The van der Waals surface area contributed by atoms with Gasteiger partial charge in [-0.1, -0.05) is 0 Å². The molecule has 0 amide bonds. The largest absolute Gasteiger partial charge is 0.497 e. The number of pyridine rings is 1.